The number of carboxylic acid groups (broad SMARTS) is 1. The Labute approximate surface area is 107 Å². The zero-order valence-electron chi connectivity index (χ0n) is 9.92. The summed E-state index contributed by atoms with van der Waals surface area (Å²) in [6, 6.07) is -1.72. The zero-order chi connectivity index (χ0) is 13.5. The van der Waals surface area contributed by atoms with Crippen LogP contribution in [0.2, 0.25) is 0 Å². The lowest BCUT2D eigenvalue weighted by Gasteiger charge is -2.23. The molecule has 1 saturated heterocycles. The number of nitrogens with one attached hydrogen (secondary N) is 2. The molecule has 0 bridgehead atoms. The standard InChI is InChI=1S/C10H18N2O5S/c13-4-1-8(9(14)15)12-10(16)11-7-2-5-18(17)6-3-7/h7-8,13H,1-6H2,(H,14,15)(H2,11,12,16)/t7?,8-,18?/m0/s1. The maximum absolute atomic E-state index is 11.5. The molecule has 18 heavy (non-hydrogen) atoms. The van der Waals surface area contributed by atoms with E-state index in [0.29, 0.717) is 24.3 Å². The van der Waals surface area contributed by atoms with Crippen LogP contribution in [0.15, 0.2) is 0 Å². The van der Waals surface area contributed by atoms with E-state index in [9.17, 15) is 13.8 Å². The second-order valence-corrected chi connectivity index (χ2v) is 5.84. The van der Waals surface area contributed by atoms with E-state index < -0.39 is 28.8 Å². The summed E-state index contributed by atoms with van der Waals surface area (Å²) in [6.45, 7) is -0.306. The van der Waals surface area contributed by atoms with Gasteiger partial charge in [-0.1, -0.05) is 0 Å². The van der Waals surface area contributed by atoms with Crippen LogP contribution in [0.1, 0.15) is 19.3 Å². The molecule has 2 amide bonds. The van der Waals surface area contributed by atoms with Crippen molar-refractivity contribution >= 4 is 22.8 Å². The molecule has 0 unspecified atom stereocenters. The number of carbonyl (C=O) groups is 2. The van der Waals surface area contributed by atoms with E-state index in [1.54, 1.807) is 0 Å². The number of hydrogen-bond donors (Lipinski definition) is 4. The lowest BCUT2D eigenvalue weighted by Crippen LogP contribution is -2.50. The first-order valence-electron chi connectivity index (χ1n) is 5.78. The van der Waals surface area contributed by atoms with Gasteiger partial charge in [-0.2, -0.15) is 0 Å². The number of aliphatic hydroxyl groups excluding tert-OH is 1. The average molecular weight is 278 g/mol. The van der Waals surface area contributed by atoms with Gasteiger partial charge in [-0.3, -0.25) is 4.21 Å². The molecule has 0 aromatic heterocycles. The molecule has 0 aromatic carbocycles. The Morgan fingerprint density at radius 3 is 2.44 bits per heavy atom. The summed E-state index contributed by atoms with van der Waals surface area (Å²) in [4.78, 5) is 22.3. The number of aliphatic hydroxyl groups is 1. The Balaban J connectivity index is 2.35. The number of carbonyl (C=O) groups excluding carboxylic acids is 1. The van der Waals surface area contributed by atoms with E-state index in [0.717, 1.165) is 0 Å². The Hall–Kier alpha value is -1.15. The molecule has 8 heteroatoms. The lowest BCUT2D eigenvalue weighted by atomic mass is 10.1. The topological polar surface area (TPSA) is 116 Å². The van der Waals surface area contributed by atoms with Gasteiger partial charge >= 0.3 is 12.0 Å². The van der Waals surface area contributed by atoms with Crippen LogP contribution in [-0.2, 0) is 15.6 Å². The first kappa shape index (κ1) is 14.9. The molecule has 1 atom stereocenters. The SMILES string of the molecule is O=C(NC1CCS(=O)CC1)N[C@@H](CCO)C(=O)O. The number of aliphatic carboxylic acids is 1. The highest BCUT2D eigenvalue weighted by Gasteiger charge is 2.23. The van der Waals surface area contributed by atoms with Crippen LogP contribution in [0.4, 0.5) is 4.79 Å². The van der Waals surface area contributed by atoms with Crippen LogP contribution < -0.4 is 10.6 Å². The van der Waals surface area contributed by atoms with Gasteiger partial charge < -0.3 is 20.8 Å². The molecule has 0 aromatic rings. The van der Waals surface area contributed by atoms with E-state index in [1.165, 1.54) is 0 Å². The fourth-order valence-electron chi connectivity index (χ4n) is 1.71. The summed E-state index contributed by atoms with van der Waals surface area (Å²) < 4.78 is 11.1. The van der Waals surface area contributed by atoms with Crippen molar-refractivity contribution in [3.05, 3.63) is 0 Å². The minimum Gasteiger partial charge on any atom is -0.480 e. The molecule has 4 N–H and O–H groups in total. The van der Waals surface area contributed by atoms with Crippen LogP contribution in [0.5, 0.6) is 0 Å². The molecule has 7 nitrogen and oxygen atoms in total. The van der Waals surface area contributed by atoms with Crippen molar-refractivity contribution in [1.82, 2.24) is 10.6 Å². The molecule has 0 radical (unpaired) electrons. The van der Waals surface area contributed by atoms with Crippen molar-refractivity contribution in [2.75, 3.05) is 18.1 Å². The van der Waals surface area contributed by atoms with E-state index in [4.69, 9.17) is 10.2 Å². The third-order valence-electron chi connectivity index (χ3n) is 2.74. The first-order valence-corrected chi connectivity index (χ1v) is 7.27. The van der Waals surface area contributed by atoms with E-state index >= 15 is 0 Å². The van der Waals surface area contributed by atoms with E-state index in [-0.39, 0.29) is 19.1 Å². The van der Waals surface area contributed by atoms with Gasteiger partial charge in [-0.05, 0) is 12.8 Å². The molecule has 0 spiro atoms. The Kier molecular flexibility index (Phi) is 6.06. The second kappa shape index (κ2) is 7.32. The molecule has 1 heterocycles. The third kappa shape index (κ3) is 5.01. The Morgan fingerprint density at radius 2 is 1.94 bits per heavy atom. The molecule has 0 saturated carbocycles. The highest BCUT2D eigenvalue weighted by molar-refractivity contribution is 7.85. The zero-order valence-corrected chi connectivity index (χ0v) is 10.7. The quantitative estimate of drug-likeness (QED) is 0.516. The Bertz CT molecular complexity index is 326. The van der Waals surface area contributed by atoms with Crippen molar-refractivity contribution in [3.8, 4) is 0 Å². The Morgan fingerprint density at radius 1 is 1.33 bits per heavy atom. The molecule has 1 rings (SSSR count). The van der Waals surface area contributed by atoms with Crippen molar-refractivity contribution in [2.45, 2.75) is 31.3 Å². The van der Waals surface area contributed by atoms with Crippen LogP contribution in [0.3, 0.4) is 0 Å². The predicted molar refractivity (Wildman–Crippen MR) is 65.7 cm³/mol. The normalized spacial score (nSPS) is 25.2. The molecule has 0 aliphatic carbocycles. The highest BCUT2D eigenvalue weighted by Crippen LogP contribution is 2.08. The molecular weight excluding hydrogens is 260 g/mol. The second-order valence-electron chi connectivity index (χ2n) is 4.14. The van der Waals surface area contributed by atoms with Crippen LogP contribution in [0.25, 0.3) is 0 Å². The third-order valence-corrected chi connectivity index (χ3v) is 4.13. The van der Waals surface area contributed by atoms with Crippen molar-refractivity contribution in [1.29, 1.82) is 0 Å². The fourth-order valence-corrected chi connectivity index (χ4v) is 3.01. The van der Waals surface area contributed by atoms with Gasteiger partial charge in [-0.15, -0.1) is 0 Å². The molecule has 1 aliphatic heterocycles. The number of hydrogen-bond acceptors (Lipinski definition) is 4. The average Bonchev–Trinajstić information content (AvgIpc) is 2.31. The van der Waals surface area contributed by atoms with Gasteiger partial charge in [0.05, 0.1) is 0 Å². The van der Waals surface area contributed by atoms with Gasteiger partial charge in [0, 0.05) is 41.4 Å². The number of rotatable bonds is 5. The van der Waals surface area contributed by atoms with Gasteiger partial charge in [0.25, 0.3) is 0 Å². The highest BCUT2D eigenvalue weighted by atomic mass is 32.2. The monoisotopic (exact) mass is 278 g/mol. The summed E-state index contributed by atoms with van der Waals surface area (Å²) in [7, 11) is -0.796. The fraction of sp³-hybridized carbons (Fsp3) is 0.800. The largest absolute Gasteiger partial charge is 0.480 e. The van der Waals surface area contributed by atoms with E-state index in [1.807, 2.05) is 0 Å². The van der Waals surface area contributed by atoms with Gasteiger partial charge in [0.2, 0.25) is 0 Å². The molecular formula is C10H18N2O5S. The summed E-state index contributed by atoms with van der Waals surface area (Å²) >= 11 is 0. The smallest absolute Gasteiger partial charge is 0.326 e. The van der Waals surface area contributed by atoms with Crippen LogP contribution >= 0.6 is 0 Å². The lowest BCUT2D eigenvalue weighted by molar-refractivity contribution is -0.139. The first-order chi connectivity index (χ1) is 8.52. The van der Waals surface area contributed by atoms with Gasteiger partial charge in [0.15, 0.2) is 0 Å². The van der Waals surface area contributed by atoms with Gasteiger partial charge in [-0.25, -0.2) is 9.59 Å². The summed E-state index contributed by atoms with van der Waals surface area (Å²) in [5, 5.41) is 22.4. The number of amides is 2. The molecule has 1 aliphatic rings. The maximum atomic E-state index is 11.5. The van der Waals surface area contributed by atoms with E-state index in [2.05, 4.69) is 10.6 Å². The maximum Gasteiger partial charge on any atom is 0.326 e. The molecule has 104 valence electrons. The van der Waals surface area contributed by atoms with Gasteiger partial charge in [0.1, 0.15) is 6.04 Å². The summed E-state index contributed by atoms with van der Waals surface area (Å²) in [5.74, 6) is -0.0580. The van der Waals surface area contributed by atoms with Crippen molar-refractivity contribution < 1.29 is 24.0 Å². The summed E-state index contributed by atoms with van der Waals surface area (Å²) in [5.41, 5.74) is 0. The van der Waals surface area contributed by atoms with Crippen LogP contribution in [-0.4, -0.2) is 56.6 Å². The predicted octanol–water partition coefficient (Wildman–Crippen LogP) is -0.968. The number of urea groups is 1. The minimum absolute atomic E-state index is 0.0303. The minimum atomic E-state index is -1.18. The van der Waals surface area contributed by atoms with Crippen molar-refractivity contribution in [2.24, 2.45) is 0 Å². The van der Waals surface area contributed by atoms with Crippen LogP contribution in [0, 0.1) is 0 Å². The van der Waals surface area contributed by atoms with Crippen molar-refractivity contribution in [3.63, 3.8) is 0 Å². The molecule has 1 fully saturated rings. The summed E-state index contributed by atoms with van der Waals surface area (Å²) in [6.07, 6.45) is 1.24. The number of carboxylic acids is 1.